The van der Waals surface area contributed by atoms with Crippen molar-refractivity contribution in [1.29, 1.82) is 0 Å². The smallest absolute Gasteiger partial charge is 0.278 e. The monoisotopic (exact) mass is 430 g/mol. The standard InChI is InChI=1S/C26H23ClN2O2/c1-2-28(22-11-7-4-8-12-22)24-23(20-9-5-3-6-10-20)25(30)29(26(24)31)18-17-19-13-15-21(27)16-14-19/h3-16H,2,17-18H2,1H3. The van der Waals surface area contributed by atoms with E-state index in [-0.39, 0.29) is 11.8 Å². The molecule has 0 N–H and O–H groups in total. The fraction of sp³-hybridized carbons (Fsp3) is 0.154. The Bertz CT molecular complexity index is 1110. The second-order valence-corrected chi connectivity index (χ2v) is 7.74. The van der Waals surface area contributed by atoms with Crippen molar-refractivity contribution in [3.8, 4) is 0 Å². The van der Waals surface area contributed by atoms with Crippen molar-refractivity contribution in [1.82, 2.24) is 4.90 Å². The van der Waals surface area contributed by atoms with Crippen LogP contribution in [0.3, 0.4) is 0 Å². The van der Waals surface area contributed by atoms with Crippen LogP contribution in [0.5, 0.6) is 0 Å². The number of carbonyl (C=O) groups is 2. The molecular weight excluding hydrogens is 408 g/mol. The SMILES string of the molecule is CCN(C1=C(c2ccccc2)C(=O)N(CCc2ccc(Cl)cc2)C1=O)c1ccccc1. The van der Waals surface area contributed by atoms with Crippen molar-refractivity contribution in [2.45, 2.75) is 13.3 Å². The topological polar surface area (TPSA) is 40.6 Å². The normalized spacial score (nSPS) is 13.8. The Morgan fingerprint density at radius 2 is 1.42 bits per heavy atom. The van der Waals surface area contributed by atoms with Gasteiger partial charge in [0.15, 0.2) is 0 Å². The number of rotatable bonds is 7. The van der Waals surface area contributed by atoms with E-state index in [1.54, 1.807) is 0 Å². The van der Waals surface area contributed by atoms with Gasteiger partial charge in [-0.3, -0.25) is 14.5 Å². The lowest BCUT2D eigenvalue weighted by atomic mass is 10.0. The summed E-state index contributed by atoms with van der Waals surface area (Å²) >= 11 is 5.97. The van der Waals surface area contributed by atoms with Crippen LogP contribution in [0.2, 0.25) is 5.02 Å². The molecule has 1 heterocycles. The first-order chi connectivity index (χ1) is 15.1. The lowest BCUT2D eigenvalue weighted by Gasteiger charge is -2.25. The molecule has 0 saturated carbocycles. The number of hydrogen-bond donors (Lipinski definition) is 0. The van der Waals surface area contributed by atoms with Crippen LogP contribution in [0.15, 0.2) is 90.6 Å². The zero-order chi connectivity index (χ0) is 21.8. The van der Waals surface area contributed by atoms with Crippen molar-refractivity contribution in [3.05, 3.63) is 107 Å². The quantitative estimate of drug-likeness (QED) is 0.484. The van der Waals surface area contributed by atoms with Crippen molar-refractivity contribution < 1.29 is 9.59 Å². The molecule has 1 aliphatic rings. The highest BCUT2D eigenvalue weighted by atomic mass is 35.5. The van der Waals surface area contributed by atoms with Gasteiger partial charge >= 0.3 is 0 Å². The molecule has 3 aromatic carbocycles. The Labute approximate surface area is 187 Å². The molecule has 0 radical (unpaired) electrons. The van der Waals surface area contributed by atoms with E-state index in [9.17, 15) is 9.59 Å². The number of amides is 2. The van der Waals surface area contributed by atoms with E-state index >= 15 is 0 Å². The second-order valence-electron chi connectivity index (χ2n) is 7.31. The lowest BCUT2D eigenvalue weighted by Crippen LogP contribution is -2.36. The highest BCUT2D eigenvalue weighted by molar-refractivity contribution is 6.36. The van der Waals surface area contributed by atoms with Gasteiger partial charge < -0.3 is 4.90 Å². The molecule has 4 rings (SSSR count). The van der Waals surface area contributed by atoms with E-state index in [2.05, 4.69) is 0 Å². The summed E-state index contributed by atoms with van der Waals surface area (Å²) in [6.45, 7) is 2.86. The first-order valence-electron chi connectivity index (χ1n) is 10.3. The molecule has 156 valence electrons. The fourth-order valence-electron chi connectivity index (χ4n) is 3.85. The molecule has 0 atom stereocenters. The van der Waals surface area contributed by atoms with E-state index < -0.39 is 0 Å². The first kappa shape index (κ1) is 20.9. The zero-order valence-electron chi connectivity index (χ0n) is 17.3. The maximum Gasteiger partial charge on any atom is 0.278 e. The van der Waals surface area contributed by atoms with Crippen molar-refractivity contribution >= 4 is 34.7 Å². The summed E-state index contributed by atoms with van der Waals surface area (Å²) in [6, 6.07) is 26.6. The third-order valence-corrected chi connectivity index (χ3v) is 5.65. The second kappa shape index (κ2) is 9.19. The van der Waals surface area contributed by atoms with Gasteiger partial charge in [-0.15, -0.1) is 0 Å². The third kappa shape index (κ3) is 4.25. The molecule has 31 heavy (non-hydrogen) atoms. The fourth-order valence-corrected chi connectivity index (χ4v) is 3.98. The number of para-hydroxylation sites is 1. The van der Waals surface area contributed by atoms with Crippen LogP contribution in [0.25, 0.3) is 5.57 Å². The summed E-state index contributed by atoms with van der Waals surface area (Å²) in [5, 5.41) is 0.661. The Morgan fingerprint density at radius 1 is 0.806 bits per heavy atom. The molecule has 0 fully saturated rings. The van der Waals surface area contributed by atoms with Gasteiger partial charge in [0.05, 0.1) is 5.57 Å². The highest BCUT2D eigenvalue weighted by Crippen LogP contribution is 2.34. The van der Waals surface area contributed by atoms with Crippen molar-refractivity contribution in [2.24, 2.45) is 0 Å². The minimum absolute atomic E-state index is 0.255. The predicted molar refractivity (Wildman–Crippen MR) is 125 cm³/mol. The van der Waals surface area contributed by atoms with Gasteiger partial charge in [0.25, 0.3) is 11.8 Å². The van der Waals surface area contributed by atoms with Crippen LogP contribution < -0.4 is 4.90 Å². The maximum atomic E-state index is 13.5. The molecule has 0 aliphatic carbocycles. The number of benzene rings is 3. The molecule has 5 heteroatoms. The largest absolute Gasteiger partial charge is 0.337 e. The third-order valence-electron chi connectivity index (χ3n) is 5.40. The summed E-state index contributed by atoms with van der Waals surface area (Å²) in [5.41, 5.74) is 3.54. The van der Waals surface area contributed by atoms with Gasteiger partial charge in [-0.1, -0.05) is 72.3 Å². The molecule has 0 aromatic heterocycles. The Kier molecular flexibility index (Phi) is 6.19. The molecule has 4 nitrogen and oxygen atoms in total. The summed E-state index contributed by atoms with van der Waals surface area (Å²) < 4.78 is 0. The summed E-state index contributed by atoms with van der Waals surface area (Å²) in [7, 11) is 0. The van der Waals surface area contributed by atoms with Gasteiger partial charge in [0, 0.05) is 23.8 Å². The average molecular weight is 431 g/mol. The van der Waals surface area contributed by atoms with E-state index in [0.717, 1.165) is 16.8 Å². The first-order valence-corrected chi connectivity index (χ1v) is 10.7. The van der Waals surface area contributed by atoms with Gasteiger partial charge in [-0.25, -0.2) is 0 Å². The van der Waals surface area contributed by atoms with Crippen molar-refractivity contribution in [2.75, 3.05) is 18.0 Å². The minimum atomic E-state index is -0.261. The maximum absolute atomic E-state index is 13.5. The van der Waals surface area contributed by atoms with Crippen LogP contribution in [-0.4, -0.2) is 29.8 Å². The van der Waals surface area contributed by atoms with Crippen molar-refractivity contribution in [3.63, 3.8) is 0 Å². The molecule has 3 aromatic rings. The molecule has 0 bridgehead atoms. The van der Waals surface area contributed by atoms with E-state index in [0.29, 0.717) is 35.8 Å². The molecular formula is C26H23ClN2O2. The molecule has 1 aliphatic heterocycles. The lowest BCUT2D eigenvalue weighted by molar-refractivity contribution is -0.136. The molecule has 0 unspecified atom stereocenters. The average Bonchev–Trinajstić information content (AvgIpc) is 3.05. The number of anilines is 1. The Hall–Kier alpha value is -3.37. The van der Waals surface area contributed by atoms with Crippen LogP contribution in [-0.2, 0) is 16.0 Å². The van der Waals surface area contributed by atoms with Gasteiger partial charge in [-0.05, 0) is 48.7 Å². The van der Waals surface area contributed by atoms with Crippen LogP contribution in [0, 0.1) is 0 Å². The van der Waals surface area contributed by atoms with E-state index in [1.807, 2.05) is 96.8 Å². The van der Waals surface area contributed by atoms with E-state index in [1.165, 1.54) is 4.90 Å². The number of imide groups is 1. The predicted octanol–water partition coefficient (Wildman–Crippen LogP) is 5.19. The Balaban J connectivity index is 1.71. The van der Waals surface area contributed by atoms with E-state index in [4.69, 9.17) is 11.6 Å². The summed E-state index contributed by atoms with van der Waals surface area (Å²) in [4.78, 5) is 30.3. The summed E-state index contributed by atoms with van der Waals surface area (Å²) in [5.74, 6) is -0.516. The minimum Gasteiger partial charge on any atom is -0.337 e. The number of hydrogen-bond acceptors (Lipinski definition) is 3. The molecule has 0 saturated heterocycles. The molecule has 2 amide bonds. The number of carbonyl (C=O) groups excluding carboxylic acids is 2. The number of nitrogens with zero attached hydrogens (tertiary/aromatic N) is 2. The van der Waals surface area contributed by atoms with Crippen LogP contribution in [0.1, 0.15) is 18.1 Å². The molecule has 0 spiro atoms. The Morgan fingerprint density at radius 3 is 2.03 bits per heavy atom. The van der Waals surface area contributed by atoms with Gasteiger partial charge in [0.2, 0.25) is 0 Å². The zero-order valence-corrected chi connectivity index (χ0v) is 18.0. The van der Waals surface area contributed by atoms with Crippen LogP contribution >= 0.6 is 11.6 Å². The highest BCUT2D eigenvalue weighted by Gasteiger charge is 2.41. The van der Waals surface area contributed by atoms with Crippen LogP contribution in [0.4, 0.5) is 5.69 Å². The summed E-state index contributed by atoms with van der Waals surface area (Å²) in [6.07, 6.45) is 0.571. The van der Waals surface area contributed by atoms with Gasteiger partial charge in [-0.2, -0.15) is 0 Å². The number of halogens is 1. The van der Waals surface area contributed by atoms with Gasteiger partial charge in [0.1, 0.15) is 5.70 Å². The number of likely N-dealkylation sites (N-methyl/N-ethyl adjacent to an activating group) is 1.